The molecule has 1 aliphatic heterocycles. The number of benzene rings is 1. The third-order valence-electron chi connectivity index (χ3n) is 5.47. The fraction of sp³-hybridized carbons (Fsp3) is 0.500. The van der Waals surface area contributed by atoms with E-state index in [-0.39, 0.29) is 19.0 Å². The number of hydrogen-bond acceptors (Lipinski definition) is 9. The standard InChI is InChI=1S/C22H27BrN3O9P/c1-13-9-26(22(29)24-20(13)27)18-11-31-19(34-18)12-33-36(30,35-17-7-5-16(23)6-8-17)25-14(2)21(28)32-10-15-3-4-15/h5-9,14-15,18-19H,3-4,10-12H2,1-2H3,(H,25,30)(H,24,27,29)/t14?,18-,19-,36?/m1/s1. The molecule has 196 valence electrons. The third kappa shape index (κ3) is 7.15. The molecule has 2 unspecified atom stereocenters. The molecule has 1 aliphatic carbocycles. The highest BCUT2D eigenvalue weighted by atomic mass is 79.9. The van der Waals surface area contributed by atoms with Crippen molar-refractivity contribution in [3.8, 4) is 5.75 Å². The number of aromatic amines is 1. The molecule has 4 atom stereocenters. The zero-order valence-electron chi connectivity index (χ0n) is 19.7. The second kappa shape index (κ2) is 11.4. The van der Waals surface area contributed by atoms with Crippen molar-refractivity contribution in [1.29, 1.82) is 0 Å². The molecule has 12 nitrogen and oxygen atoms in total. The summed E-state index contributed by atoms with van der Waals surface area (Å²) in [5.74, 6) is 0.0481. The summed E-state index contributed by atoms with van der Waals surface area (Å²) in [5, 5.41) is 2.61. The summed E-state index contributed by atoms with van der Waals surface area (Å²) >= 11 is 3.32. The average Bonchev–Trinajstić information content (AvgIpc) is 3.55. The molecule has 1 aromatic heterocycles. The second-order valence-electron chi connectivity index (χ2n) is 8.59. The number of nitrogens with one attached hydrogen (secondary N) is 2. The molecule has 0 bridgehead atoms. The molecule has 4 rings (SSSR count). The lowest BCUT2D eigenvalue weighted by atomic mass is 10.3. The number of esters is 1. The van der Waals surface area contributed by atoms with E-state index in [0.717, 1.165) is 17.3 Å². The second-order valence-corrected chi connectivity index (χ2v) is 11.2. The van der Waals surface area contributed by atoms with Crippen molar-refractivity contribution in [2.24, 2.45) is 5.92 Å². The van der Waals surface area contributed by atoms with E-state index in [0.29, 0.717) is 18.1 Å². The highest BCUT2D eigenvalue weighted by molar-refractivity contribution is 9.10. The van der Waals surface area contributed by atoms with E-state index in [1.165, 1.54) is 17.7 Å². The van der Waals surface area contributed by atoms with Crippen molar-refractivity contribution >= 4 is 29.6 Å². The third-order valence-corrected chi connectivity index (χ3v) is 7.65. The van der Waals surface area contributed by atoms with E-state index in [1.54, 1.807) is 31.2 Å². The zero-order chi connectivity index (χ0) is 25.9. The van der Waals surface area contributed by atoms with Gasteiger partial charge in [-0.3, -0.25) is 23.7 Å². The van der Waals surface area contributed by atoms with Crippen molar-refractivity contribution < 1.29 is 32.6 Å². The van der Waals surface area contributed by atoms with Crippen LogP contribution >= 0.6 is 23.7 Å². The largest absolute Gasteiger partial charge is 0.464 e. The molecular weight excluding hydrogens is 561 g/mol. The zero-order valence-corrected chi connectivity index (χ0v) is 22.2. The molecule has 2 aromatic rings. The van der Waals surface area contributed by atoms with Gasteiger partial charge in [0.05, 0.1) is 13.2 Å². The van der Waals surface area contributed by atoms with Gasteiger partial charge in [0.25, 0.3) is 5.56 Å². The molecule has 0 spiro atoms. The highest BCUT2D eigenvalue weighted by Crippen LogP contribution is 2.45. The van der Waals surface area contributed by atoms with Gasteiger partial charge in [-0.05, 0) is 56.9 Å². The van der Waals surface area contributed by atoms with E-state index < -0.39 is 43.5 Å². The maximum absolute atomic E-state index is 13.6. The minimum absolute atomic E-state index is 0.00535. The first-order valence-electron chi connectivity index (χ1n) is 11.4. The molecule has 14 heteroatoms. The molecule has 2 heterocycles. The van der Waals surface area contributed by atoms with E-state index in [4.69, 9.17) is 23.3 Å². The summed E-state index contributed by atoms with van der Waals surface area (Å²) < 4.78 is 43.3. The minimum Gasteiger partial charge on any atom is -0.464 e. The summed E-state index contributed by atoms with van der Waals surface area (Å²) in [6.07, 6.45) is 1.61. The van der Waals surface area contributed by atoms with Gasteiger partial charge in [-0.25, -0.2) is 9.36 Å². The van der Waals surface area contributed by atoms with Crippen LogP contribution in [0.3, 0.4) is 0 Å². The number of ether oxygens (including phenoxy) is 3. The van der Waals surface area contributed by atoms with E-state index >= 15 is 0 Å². The number of nitrogens with zero attached hydrogens (tertiary/aromatic N) is 1. The van der Waals surface area contributed by atoms with Crippen LogP contribution in [-0.2, 0) is 28.1 Å². The predicted molar refractivity (Wildman–Crippen MR) is 131 cm³/mol. The lowest BCUT2D eigenvalue weighted by Crippen LogP contribution is -2.36. The summed E-state index contributed by atoms with van der Waals surface area (Å²) in [4.78, 5) is 38.3. The summed E-state index contributed by atoms with van der Waals surface area (Å²) in [7, 11) is -4.11. The van der Waals surface area contributed by atoms with E-state index in [9.17, 15) is 18.9 Å². The normalized spacial score (nSPS) is 22.1. The van der Waals surface area contributed by atoms with Gasteiger partial charge >= 0.3 is 19.4 Å². The Balaban J connectivity index is 1.41. The molecule has 1 saturated heterocycles. The van der Waals surface area contributed by atoms with Crippen LogP contribution in [0.15, 0.2) is 44.5 Å². The van der Waals surface area contributed by atoms with Gasteiger partial charge in [-0.1, -0.05) is 15.9 Å². The predicted octanol–water partition coefficient (Wildman–Crippen LogP) is 2.61. The van der Waals surface area contributed by atoms with Crippen molar-refractivity contribution in [3.63, 3.8) is 0 Å². The molecule has 0 radical (unpaired) electrons. The Bertz CT molecular complexity index is 1240. The maximum atomic E-state index is 13.6. The number of rotatable bonds is 11. The number of carbonyl (C=O) groups is 1. The Morgan fingerprint density at radius 2 is 2.00 bits per heavy atom. The van der Waals surface area contributed by atoms with Gasteiger partial charge in [0.15, 0.2) is 12.5 Å². The lowest BCUT2D eigenvalue weighted by Gasteiger charge is -2.24. The average molecular weight is 588 g/mol. The van der Waals surface area contributed by atoms with Gasteiger partial charge in [0.1, 0.15) is 18.4 Å². The molecule has 0 amide bonds. The molecule has 1 saturated carbocycles. The van der Waals surface area contributed by atoms with Crippen LogP contribution in [0, 0.1) is 12.8 Å². The SMILES string of the molecule is Cc1cn([C@H]2CO[C@@H](COP(=O)(NC(C)C(=O)OCC3CC3)Oc3ccc(Br)cc3)O2)c(=O)[nH]c1=O. The molecule has 2 fully saturated rings. The number of aromatic nitrogens is 2. The van der Waals surface area contributed by atoms with Gasteiger partial charge < -0.3 is 18.7 Å². The summed E-state index contributed by atoms with van der Waals surface area (Å²) in [6, 6.07) is 5.59. The van der Waals surface area contributed by atoms with E-state index in [1.807, 2.05) is 0 Å². The Hall–Kier alpha value is -2.28. The van der Waals surface area contributed by atoms with Crippen molar-refractivity contribution in [2.45, 2.75) is 45.2 Å². The molecule has 1 aromatic carbocycles. The topological polar surface area (TPSA) is 147 Å². The minimum atomic E-state index is -4.11. The Morgan fingerprint density at radius 3 is 2.69 bits per heavy atom. The maximum Gasteiger partial charge on any atom is 0.459 e. The van der Waals surface area contributed by atoms with Crippen LogP contribution in [0.5, 0.6) is 5.75 Å². The first kappa shape index (κ1) is 26.8. The van der Waals surface area contributed by atoms with Gasteiger partial charge in [0, 0.05) is 16.2 Å². The monoisotopic (exact) mass is 587 g/mol. The fourth-order valence-corrected chi connectivity index (χ4v) is 5.00. The number of carbonyl (C=O) groups excluding carboxylic acids is 1. The Morgan fingerprint density at radius 1 is 1.28 bits per heavy atom. The van der Waals surface area contributed by atoms with Crippen LogP contribution in [0.1, 0.15) is 31.6 Å². The van der Waals surface area contributed by atoms with Gasteiger partial charge in [0.2, 0.25) is 0 Å². The molecule has 36 heavy (non-hydrogen) atoms. The van der Waals surface area contributed by atoms with Crippen LogP contribution in [0.25, 0.3) is 0 Å². The van der Waals surface area contributed by atoms with E-state index in [2.05, 4.69) is 26.0 Å². The smallest absolute Gasteiger partial charge is 0.459 e. The Labute approximate surface area is 214 Å². The Kier molecular flexibility index (Phi) is 8.48. The van der Waals surface area contributed by atoms with Crippen LogP contribution < -0.4 is 20.9 Å². The van der Waals surface area contributed by atoms with Crippen LogP contribution in [-0.4, -0.2) is 47.7 Å². The fourth-order valence-electron chi connectivity index (χ4n) is 3.26. The lowest BCUT2D eigenvalue weighted by molar-refractivity contribution is -0.145. The molecule has 2 aliphatic rings. The summed E-state index contributed by atoms with van der Waals surface area (Å²) in [5.41, 5.74) is -0.806. The number of H-pyrrole nitrogens is 1. The van der Waals surface area contributed by atoms with Crippen molar-refractivity contribution in [2.75, 3.05) is 19.8 Å². The quantitative estimate of drug-likeness (QED) is 0.297. The number of halogens is 1. The van der Waals surface area contributed by atoms with Gasteiger partial charge in [-0.2, -0.15) is 5.09 Å². The first-order valence-corrected chi connectivity index (χ1v) is 13.7. The molecular formula is C22H27BrN3O9P. The van der Waals surface area contributed by atoms with Crippen LogP contribution in [0.2, 0.25) is 0 Å². The van der Waals surface area contributed by atoms with Gasteiger partial charge in [-0.15, -0.1) is 0 Å². The number of aryl methyl sites for hydroxylation is 1. The van der Waals surface area contributed by atoms with Crippen molar-refractivity contribution in [1.82, 2.24) is 14.6 Å². The van der Waals surface area contributed by atoms with Crippen molar-refractivity contribution in [3.05, 3.63) is 61.3 Å². The highest BCUT2D eigenvalue weighted by Gasteiger charge is 2.36. The molecule has 2 N–H and O–H groups in total. The first-order chi connectivity index (χ1) is 17.1. The number of hydrogen-bond donors (Lipinski definition) is 2. The summed E-state index contributed by atoms with van der Waals surface area (Å²) in [6.45, 7) is 3.04. The van der Waals surface area contributed by atoms with Crippen LogP contribution in [0.4, 0.5) is 0 Å².